The number of carbonyl (C=O) groups is 2. The summed E-state index contributed by atoms with van der Waals surface area (Å²) in [5.74, 6) is -0.460. The lowest BCUT2D eigenvalue weighted by Crippen LogP contribution is -2.58. The van der Waals surface area contributed by atoms with Gasteiger partial charge in [-0.3, -0.25) is 14.5 Å². The van der Waals surface area contributed by atoms with E-state index in [2.05, 4.69) is 4.90 Å². The molecule has 1 amide bonds. The zero-order valence-corrected chi connectivity index (χ0v) is 24.7. The van der Waals surface area contributed by atoms with E-state index in [1.165, 1.54) is 31.2 Å². The number of piperazine rings is 1. The number of rotatable bonds is 9. The van der Waals surface area contributed by atoms with Gasteiger partial charge in [-0.05, 0) is 68.3 Å². The van der Waals surface area contributed by atoms with Crippen molar-refractivity contribution in [3.8, 4) is 5.75 Å². The van der Waals surface area contributed by atoms with E-state index in [1.54, 1.807) is 41.3 Å². The first-order valence-corrected chi connectivity index (χ1v) is 15.1. The molecule has 218 valence electrons. The summed E-state index contributed by atoms with van der Waals surface area (Å²) in [5, 5.41) is 5.68. The Kier molecular flexibility index (Phi) is 9.48. The quantitative estimate of drug-likeness (QED) is 0.365. The number of ether oxygens (including phenoxy) is 1. The molecule has 8 nitrogen and oxygen atoms in total. The predicted octanol–water partition coefficient (Wildman–Crippen LogP) is 4.36. The number of amides is 1. The van der Waals surface area contributed by atoms with E-state index in [0.717, 1.165) is 5.56 Å². The first-order valence-electron chi connectivity index (χ1n) is 13.2. The SMILES string of the molecule is Cc1c(C(=O)Cc2cc(Cl)ccc2OCC(=O)N2C[C@H](C)N(Cc3ccc(F)cc3)C[C@H]2C)cccc1S(N)(=O)=O. The Morgan fingerprint density at radius 2 is 1.76 bits per heavy atom. The fourth-order valence-corrected chi connectivity index (χ4v) is 6.13. The zero-order valence-electron chi connectivity index (χ0n) is 23.1. The van der Waals surface area contributed by atoms with Gasteiger partial charge in [0, 0.05) is 54.3 Å². The van der Waals surface area contributed by atoms with Crippen LogP contribution < -0.4 is 9.88 Å². The minimum absolute atomic E-state index is 0.0666. The summed E-state index contributed by atoms with van der Waals surface area (Å²) >= 11 is 6.20. The molecule has 0 saturated carbocycles. The number of nitrogens with zero attached hydrogens (tertiary/aromatic N) is 2. The highest BCUT2D eigenvalue weighted by Gasteiger charge is 2.32. The van der Waals surface area contributed by atoms with Gasteiger partial charge >= 0.3 is 0 Å². The van der Waals surface area contributed by atoms with E-state index in [-0.39, 0.29) is 58.6 Å². The molecule has 2 atom stereocenters. The van der Waals surface area contributed by atoms with Crippen molar-refractivity contribution in [2.24, 2.45) is 5.14 Å². The number of ketones is 1. The molecular formula is C30H33ClFN3O5S. The monoisotopic (exact) mass is 601 g/mol. The molecule has 0 spiro atoms. The predicted molar refractivity (Wildman–Crippen MR) is 155 cm³/mol. The van der Waals surface area contributed by atoms with E-state index in [4.69, 9.17) is 21.5 Å². The highest BCUT2D eigenvalue weighted by atomic mass is 35.5. The van der Waals surface area contributed by atoms with Crippen LogP contribution >= 0.6 is 11.6 Å². The molecule has 3 aromatic rings. The number of benzene rings is 3. The van der Waals surface area contributed by atoms with Crippen LogP contribution in [0.4, 0.5) is 4.39 Å². The molecule has 4 rings (SSSR count). The number of sulfonamides is 1. The van der Waals surface area contributed by atoms with Crippen molar-refractivity contribution in [3.63, 3.8) is 0 Å². The van der Waals surface area contributed by atoms with E-state index in [1.807, 2.05) is 13.8 Å². The first-order chi connectivity index (χ1) is 19.3. The Morgan fingerprint density at radius 1 is 1.05 bits per heavy atom. The van der Waals surface area contributed by atoms with Crippen LogP contribution in [-0.4, -0.2) is 61.7 Å². The summed E-state index contributed by atoms with van der Waals surface area (Å²) in [5.41, 5.74) is 1.97. The van der Waals surface area contributed by atoms with Crippen LogP contribution in [0.1, 0.15) is 40.9 Å². The summed E-state index contributed by atoms with van der Waals surface area (Å²) in [6, 6.07) is 15.6. The Hall–Kier alpha value is -3.31. The van der Waals surface area contributed by atoms with Gasteiger partial charge in [0.15, 0.2) is 12.4 Å². The normalized spacial score (nSPS) is 17.9. The van der Waals surface area contributed by atoms with E-state index < -0.39 is 10.0 Å². The van der Waals surface area contributed by atoms with E-state index in [9.17, 15) is 22.4 Å². The van der Waals surface area contributed by atoms with Gasteiger partial charge in [0.05, 0.1) is 4.90 Å². The molecule has 0 radical (unpaired) electrons. The minimum atomic E-state index is -3.99. The molecule has 1 heterocycles. The van der Waals surface area contributed by atoms with Crippen LogP contribution in [0.5, 0.6) is 5.75 Å². The second kappa shape index (κ2) is 12.7. The zero-order chi connectivity index (χ0) is 29.9. The third kappa shape index (κ3) is 7.51. The number of hydrogen-bond acceptors (Lipinski definition) is 6. The number of nitrogens with two attached hydrogens (primary N) is 1. The fraction of sp³-hybridized carbons (Fsp3) is 0.333. The van der Waals surface area contributed by atoms with E-state index in [0.29, 0.717) is 36.0 Å². The lowest BCUT2D eigenvalue weighted by Gasteiger charge is -2.44. The average molecular weight is 602 g/mol. The van der Waals surface area contributed by atoms with Gasteiger partial charge in [-0.25, -0.2) is 17.9 Å². The van der Waals surface area contributed by atoms with Gasteiger partial charge < -0.3 is 9.64 Å². The molecule has 0 aliphatic carbocycles. The van der Waals surface area contributed by atoms with Crippen molar-refractivity contribution < 1.29 is 27.1 Å². The second-order valence-electron chi connectivity index (χ2n) is 10.4. The average Bonchev–Trinajstić information content (AvgIpc) is 2.90. The third-order valence-electron chi connectivity index (χ3n) is 7.35. The molecule has 1 aliphatic heterocycles. The Morgan fingerprint density at radius 3 is 2.44 bits per heavy atom. The molecule has 0 unspecified atom stereocenters. The highest BCUT2D eigenvalue weighted by Crippen LogP contribution is 2.27. The van der Waals surface area contributed by atoms with Gasteiger partial charge in [0.2, 0.25) is 10.0 Å². The number of hydrogen-bond donors (Lipinski definition) is 1. The van der Waals surface area contributed by atoms with Crippen molar-refractivity contribution in [1.82, 2.24) is 9.80 Å². The summed E-state index contributed by atoms with van der Waals surface area (Å²) in [4.78, 5) is 30.3. The van der Waals surface area contributed by atoms with Crippen LogP contribution in [0.2, 0.25) is 5.02 Å². The molecule has 2 N–H and O–H groups in total. The standard InChI is InChI=1S/C30H33ClFN3O5S/c1-19-16-35(20(2)15-34(19)17-22-7-10-25(32)11-8-22)30(37)18-40-28-12-9-24(31)13-23(28)14-27(36)26-5-4-6-29(21(26)3)41(33,38)39/h4-13,19-20H,14-18H2,1-3H3,(H2,33,38,39)/t19-,20+/m0/s1. The molecule has 1 aliphatic rings. The molecule has 1 saturated heterocycles. The van der Waals surface area contributed by atoms with Crippen LogP contribution in [0.15, 0.2) is 65.6 Å². The topological polar surface area (TPSA) is 110 Å². The fourth-order valence-electron chi connectivity index (χ4n) is 5.13. The van der Waals surface area contributed by atoms with Crippen molar-refractivity contribution in [3.05, 3.63) is 93.8 Å². The smallest absolute Gasteiger partial charge is 0.260 e. The minimum Gasteiger partial charge on any atom is -0.483 e. The van der Waals surface area contributed by atoms with Gasteiger partial charge in [-0.1, -0.05) is 35.9 Å². The second-order valence-corrected chi connectivity index (χ2v) is 12.4. The van der Waals surface area contributed by atoms with Crippen molar-refractivity contribution in [1.29, 1.82) is 0 Å². The summed E-state index contributed by atoms with van der Waals surface area (Å²) in [7, 11) is -3.99. The number of primary sulfonamides is 1. The summed E-state index contributed by atoms with van der Waals surface area (Å²) < 4.78 is 43.0. The maximum Gasteiger partial charge on any atom is 0.260 e. The largest absolute Gasteiger partial charge is 0.483 e. The van der Waals surface area contributed by atoms with Crippen LogP contribution in [-0.2, 0) is 27.8 Å². The Labute approximate surface area is 244 Å². The highest BCUT2D eigenvalue weighted by molar-refractivity contribution is 7.89. The lowest BCUT2D eigenvalue weighted by atomic mass is 9.98. The summed E-state index contributed by atoms with van der Waals surface area (Å²) in [6.45, 7) is 7.16. The van der Waals surface area contributed by atoms with Crippen molar-refractivity contribution in [2.75, 3.05) is 19.7 Å². The van der Waals surface area contributed by atoms with Crippen molar-refractivity contribution >= 4 is 33.3 Å². The summed E-state index contributed by atoms with van der Waals surface area (Å²) in [6.07, 6.45) is -0.117. The number of halogens is 2. The maximum absolute atomic E-state index is 13.3. The molecule has 0 bridgehead atoms. The molecular weight excluding hydrogens is 569 g/mol. The number of Topliss-reactive ketones (excluding diaryl/α,β-unsaturated/α-hetero) is 1. The van der Waals surface area contributed by atoms with Gasteiger partial charge in [-0.2, -0.15) is 0 Å². The van der Waals surface area contributed by atoms with Crippen LogP contribution in [0.25, 0.3) is 0 Å². The first kappa shape index (κ1) is 30.6. The lowest BCUT2D eigenvalue weighted by molar-refractivity contribution is -0.139. The van der Waals surface area contributed by atoms with Gasteiger partial charge in [0.1, 0.15) is 11.6 Å². The molecule has 0 aromatic heterocycles. The van der Waals surface area contributed by atoms with Crippen molar-refractivity contribution in [2.45, 2.75) is 50.7 Å². The van der Waals surface area contributed by atoms with Gasteiger partial charge in [0.25, 0.3) is 5.91 Å². The number of carbonyl (C=O) groups excluding carboxylic acids is 2. The molecule has 3 aromatic carbocycles. The molecule has 1 fully saturated rings. The van der Waals surface area contributed by atoms with Crippen LogP contribution in [0.3, 0.4) is 0 Å². The third-order valence-corrected chi connectivity index (χ3v) is 8.64. The Bertz CT molecular complexity index is 1550. The molecule has 11 heteroatoms. The van der Waals surface area contributed by atoms with Gasteiger partial charge in [-0.15, -0.1) is 0 Å². The maximum atomic E-state index is 13.3. The van der Waals surface area contributed by atoms with Crippen LogP contribution in [0, 0.1) is 12.7 Å². The molecule has 41 heavy (non-hydrogen) atoms. The van der Waals surface area contributed by atoms with E-state index >= 15 is 0 Å². The Balaban J connectivity index is 1.42.